The fourth-order valence-electron chi connectivity index (χ4n) is 0.758. The minimum atomic E-state index is -1.78. The molecular weight excluding hydrogens is 160 g/mol. The molecule has 0 aliphatic carbocycles. The zero-order chi connectivity index (χ0) is 8.32. The van der Waals surface area contributed by atoms with E-state index in [1.165, 1.54) is 0 Å². The fourth-order valence-corrected chi connectivity index (χ4v) is 1.51. The third-order valence-corrected chi connectivity index (χ3v) is 3.71. The lowest BCUT2D eigenvalue weighted by molar-refractivity contribution is -0.0554. The van der Waals surface area contributed by atoms with Crippen molar-refractivity contribution in [3.05, 3.63) is 0 Å². The predicted octanol–water partition coefficient (Wildman–Crippen LogP) is 0.998. The monoisotopic (exact) mass is 176 g/mol. The zero-order valence-corrected chi connectivity index (χ0v) is 8.42. The molecule has 66 valence electrons. The van der Waals surface area contributed by atoms with Crippen molar-refractivity contribution >= 4 is 8.56 Å². The summed E-state index contributed by atoms with van der Waals surface area (Å²) in [7, 11) is -0.0662. The maximum atomic E-state index is 5.62. The van der Waals surface area contributed by atoms with Gasteiger partial charge < -0.3 is 13.6 Å². The second-order valence-corrected chi connectivity index (χ2v) is 6.82. The summed E-state index contributed by atoms with van der Waals surface area (Å²) in [6.45, 7) is 6.61. The topological polar surface area (TPSA) is 27.7 Å². The van der Waals surface area contributed by atoms with E-state index in [-0.39, 0.29) is 0 Å². The number of hydrogen-bond donors (Lipinski definition) is 0. The Kier molecular flexibility index (Phi) is 3.06. The molecule has 0 spiro atoms. The van der Waals surface area contributed by atoms with Crippen LogP contribution in [0.5, 0.6) is 0 Å². The molecule has 11 heavy (non-hydrogen) atoms. The molecule has 0 aromatic carbocycles. The number of hydrogen-bond acceptors (Lipinski definition) is 3. The van der Waals surface area contributed by atoms with Gasteiger partial charge in [0.2, 0.25) is 0 Å². The Morgan fingerprint density at radius 3 is 2.45 bits per heavy atom. The lowest BCUT2D eigenvalue weighted by atomic mass is 10.1. The van der Waals surface area contributed by atoms with Crippen molar-refractivity contribution in [1.29, 1.82) is 0 Å². The summed E-state index contributed by atoms with van der Waals surface area (Å²) in [4.78, 5) is 0. The van der Waals surface area contributed by atoms with Crippen LogP contribution >= 0.6 is 0 Å². The number of ether oxygens (including phenoxy) is 1. The van der Waals surface area contributed by atoms with Crippen molar-refractivity contribution in [3.8, 4) is 0 Å². The first-order valence-corrected chi connectivity index (χ1v) is 6.72. The van der Waals surface area contributed by atoms with Gasteiger partial charge in [-0.05, 0) is 13.1 Å². The van der Waals surface area contributed by atoms with Gasteiger partial charge in [0, 0.05) is 19.6 Å². The van der Waals surface area contributed by atoms with E-state index < -0.39 is 8.56 Å². The lowest BCUT2D eigenvalue weighted by Gasteiger charge is -2.29. The van der Waals surface area contributed by atoms with E-state index in [9.17, 15) is 0 Å². The van der Waals surface area contributed by atoms with Gasteiger partial charge in [-0.2, -0.15) is 0 Å². The Balaban J connectivity index is 2.09. The van der Waals surface area contributed by atoms with Crippen molar-refractivity contribution in [2.75, 3.05) is 26.9 Å². The summed E-state index contributed by atoms with van der Waals surface area (Å²) < 4.78 is 15.9. The molecule has 1 fully saturated rings. The second-order valence-electron chi connectivity index (χ2n) is 3.32. The van der Waals surface area contributed by atoms with Crippen LogP contribution in [0.25, 0.3) is 0 Å². The molecule has 1 aliphatic rings. The van der Waals surface area contributed by atoms with Crippen LogP contribution in [0.1, 0.15) is 0 Å². The van der Waals surface area contributed by atoms with E-state index >= 15 is 0 Å². The molecule has 0 saturated carbocycles. The summed E-state index contributed by atoms with van der Waals surface area (Å²) in [5.41, 5.74) is 0. The minimum absolute atomic E-state index is 0.608. The molecule has 0 bridgehead atoms. The average molecular weight is 176 g/mol. The normalized spacial score (nSPS) is 19.9. The Hall–Kier alpha value is 0.0969. The molecule has 1 heterocycles. The molecule has 4 heteroatoms. The first-order valence-electron chi connectivity index (χ1n) is 3.91. The van der Waals surface area contributed by atoms with Crippen LogP contribution in [0.15, 0.2) is 0 Å². The predicted molar refractivity (Wildman–Crippen MR) is 44.8 cm³/mol. The van der Waals surface area contributed by atoms with Gasteiger partial charge in [-0.15, -0.1) is 0 Å². The molecule has 0 atom stereocenters. The average Bonchev–Trinajstić information content (AvgIpc) is 1.84. The minimum Gasteiger partial charge on any atom is -0.398 e. The van der Waals surface area contributed by atoms with Crippen LogP contribution < -0.4 is 0 Å². The Labute approximate surface area is 68.9 Å². The maximum absolute atomic E-state index is 5.62. The molecule has 3 nitrogen and oxygen atoms in total. The van der Waals surface area contributed by atoms with E-state index in [1.54, 1.807) is 7.11 Å². The molecule has 0 N–H and O–H groups in total. The number of rotatable bonds is 4. The Morgan fingerprint density at radius 1 is 1.45 bits per heavy atom. The lowest BCUT2D eigenvalue weighted by Crippen LogP contribution is -2.39. The molecule has 0 aromatic rings. The van der Waals surface area contributed by atoms with Crippen molar-refractivity contribution in [3.63, 3.8) is 0 Å². The molecule has 1 rings (SSSR count). The van der Waals surface area contributed by atoms with E-state index in [0.29, 0.717) is 5.92 Å². The van der Waals surface area contributed by atoms with Crippen molar-refractivity contribution < 1.29 is 13.6 Å². The van der Waals surface area contributed by atoms with Crippen LogP contribution in [0.4, 0.5) is 0 Å². The highest BCUT2D eigenvalue weighted by Crippen LogP contribution is 2.13. The third kappa shape index (κ3) is 2.90. The fraction of sp³-hybridized carbons (Fsp3) is 1.00. The molecule has 0 unspecified atom stereocenters. The van der Waals surface area contributed by atoms with E-state index in [1.807, 2.05) is 13.1 Å². The highest BCUT2D eigenvalue weighted by atomic mass is 28.4. The van der Waals surface area contributed by atoms with Crippen LogP contribution in [-0.2, 0) is 13.6 Å². The highest BCUT2D eigenvalue weighted by molar-refractivity contribution is 6.64. The summed E-state index contributed by atoms with van der Waals surface area (Å²) in [5.74, 6) is 0.608. The first-order chi connectivity index (χ1) is 5.14. The van der Waals surface area contributed by atoms with Crippen LogP contribution in [-0.4, -0.2) is 35.5 Å². The summed E-state index contributed by atoms with van der Waals surface area (Å²) >= 11 is 0. The first kappa shape index (κ1) is 9.19. The van der Waals surface area contributed by atoms with Crippen LogP contribution in [0.2, 0.25) is 13.1 Å². The van der Waals surface area contributed by atoms with Gasteiger partial charge in [0.25, 0.3) is 0 Å². The largest absolute Gasteiger partial charge is 0.398 e. The van der Waals surface area contributed by atoms with Crippen molar-refractivity contribution in [1.82, 2.24) is 0 Å². The van der Waals surface area contributed by atoms with Gasteiger partial charge in [0.1, 0.15) is 0 Å². The van der Waals surface area contributed by atoms with E-state index in [2.05, 4.69) is 0 Å². The molecule has 0 amide bonds. The molecule has 1 aliphatic heterocycles. The Bertz CT molecular complexity index is 123. The second kappa shape index (κ2) is 3.67. The molecule has 1 saturated heterocycles. The van der Waals surface area contributed by atoms with Gasteiger partial charge in [-0.3, -0.25) is 0 Å². The summed E-state index contributed by atoms with van der Waals surface area (Å²) in [5, 5.41) is 0. The van der Waals surface area contributed by atoms with Crippen molar-refractivity contribution in [2.24, 2.45) is 5.92 Å². The van der Waals surface area contributed by atoms with Crippen molar-refractivity contribution in [2.45, 2.75) is 13.1 Å². The van der Waals surface area contributed by atoms with Gasteiger partial charge in [0.05, 0.1) is 13.2 Å². The molecular formula is C7H16O3Si. The maximum Gasteiger partial charge on any atom is 0.331 e. The van der Waals surface area contributed by atoms with E-state index in [0.717, 1.165) is 19.8 Å². The summed E-state index contributed by atoms with van der Waals surface area (Å²) in [6.07, 6.45) is 0. The SMILES string of the molecule is CO[Si](C)(C)OCC1COC1. The van der Waals surface area contributed by atoms with E-state index in [4.69, 9.17) is 13.6 Å². The smallest absolute Gasteiger partial charge is 0.331 e. The molecule has 0 aromatic heterocycles. The Morgan fingerprint density at radius 2 is 2.09 bits per heavy atom. The standard InChI is InChI=1S/C7H16O3Si/c1-8-11(2,3)10-6-7-4-9-5-7/h7H,4-6H2,1-3H3. The van der Waals surface area contributed by atoms with Crippen LogP contribution in [0, 0.1) is 5.92 Å². The van der Waals surface area contributed by atoms with Crippen LogP contribution in [0.3, 0.4) is 0 Å². The third-order valence-electron chi connectivity index (χ3n) is 1.87. The molecule has 0 radical (unpaired) electrons. The van der Waals surface area contributed by atoms with Gasteiger partial charge in [-0.25, -0.2) is 0 Å². The van der Waals surface area contributed by atoms with Gasteiger partial charge in [0.15, 0.2) is 0 Å². The van der Waals surface area contributed by atoms with Gasteiger partial charge in [-0.1, -0.05) is 0 Å². The highest BCUT2D eigenvalue weighted by Gasteiger charge is 2.26. The summed E-state index contributed by atoms with van der Waals surface area (Å²) in [6, 6.07) is 0. The van der Waals surface area contributed by atoms with Gasteiger partial charge >= 0.3 is 8.56 Å². The zero-order valence-electron chi connectivity index (χ0n) is 7.42. The quantitative estimate of drug-likeness (QED) is 0.598.